The smallest absolute Gasteiger partial charge is 0.143 e. The number of nitrogen functional groups attached to an aromatic ring is 1. The van der Waals surface area contributed by atoms with Crippen molar-refractivity contribution in [1.82, 2.24) is 0 Å². The summed E-state index contributed by atoms with van der Waals surface area (Å²) >= 11 is 1.69. The molecule has 15 heavy (non-hydrogen) atoms. The number of anilines is 1. The largest absolute Gasteiger partial charge is 0.483 e. The van der Waals surface area contributed by atoms with E-state index < -0.39 is 0 Å². The van der Waals surface area contributed by atoms with E-state index in [2.05, 4.69) is 6.07 Å². The van der Waals surface area contributed by atoms with Crippen molar-refractivity contribution in [2.75, 3.05) is 5.73 Å². The molecule has 3 heteroatoms. The summed E-state index contributed by atoms with van der Waals surface area (Å²) in [6, 6.07) is 11.6. The van der Waals surface area contributed by atoms with Gasteiger partial charge in [-0.15, -0.1) is 11.3 Å². The molecule has 1 aromatic heterocycles. The number of benzene rings is 1. The van der Waals surface area contributed by atoms with Gasteiger partial charge in [0.2, 0.25) is 0 Å². The minimum absolute atomic E-state index is 0.0506. The third kappa shape index (κ3) is 2.30. The Hall–Kier alpha value is -1.48. The van der Waals surface area contributed by atoms with Gasteiger partial charge in [-0.1, -0.05) is 18.2 Å². The second kappa shape index (κ2) is 4.36. The van der Waals surface area contributed by atoms with Crippen LogP contribution in [-0.4, -0.2) is 0 Å². The van der Waals surface area contributed by atoms with E-state index in [1.807, 2.05) is 42.6 Å². The van der Waals surface area contributed by atoms with Crippen LogP contribution in [0.2, 0.25) is 0 Å². The van der Waals surface area contributed by atoms with Gasteiger partial charge in [0.15, 0.2) is 0 Å². The second-order valence-electron chi connectivity index (χ2n) is 3.31. The van der Waals surface area contributed by atoms with Crippen LogP contribution in [0.1, 0.15) is 17.9 Å². The van der Waals surface area contributed by atoms with Crippen LogP contribution in [0.25, 0.3) is 0 Å². The van der Waals surface area contributed by atoms with Gasteiger partial charge in [0, 0.05) is 4.88 Å². The summed E-state index contributed by atoms with van der Waals surface area (Å²) in [7, 11) is 0. The number of ether oxygens (including phenoxy) is 1. The van der Waals surface area contributed by atoms with E-state index in [0.29, 0.717) is 5.69 Å². The Balaban J connectivity index is 2.13. The normalized spacial score (nSPS) is 12.3. The SMILES string of the molecule is CC(Oc1ccccc1N)c1cccs1. The predicted molar refractivity (Wildman–Crippen MR) is 64.2 cm³/mol. The lowest BCUT2D eigenvalue weighted by Gasteiger charge is -2.14. The molecule has 1 heterocycles. The fourth-order valence-corrected chi connectivity index (χ4v) is 2.07. The highest BCUT2D eigenvalue weighted by atomic mass is 32.1. The van der Waals surface area contributed by atoms with Crippen LogP contribution >= 0.6 is 11.3 Å². The van der Waals surface area contributed by atoms with Crippen molar-refractivity contribution in [3.8, 4) is 5.75 Å². The van der Waals surface area contributed by atoms with Crippen molar-refractivity contribution in [3.63, 3.8) is 0 Å². The number of nitrogens with two attached hydrogens (primary N) is 1. The van der Waals surface area contributed by atoms with Gasteiger partial charge in [-0.2, -0.15) is 0 Å². The minimum atomic E-state index is 0.0506. The van der Waals surface area contributed by atoms with Crippen molar-refractivity contribution >= 4 is 17.0 Å². The lowest BCUT2D eigenvalue weighted by Crippen LogP contribution is -2.02. The van der Waals surface area contributed by atoms with E-state index in [-0.39, 0.29) is 6.10 Å². The maximum absolute atomic E-state index is 5.80. The number of hydrogen-bond donors (Lipinski definition) is 1. The molecule has 1 unspecified atom stereocenters. The highest BCUT2D eigenvalue weighted by Gasteiger charge is 2.09. The topological polar surface area (TPSA) is 35.2 Å². The Bertz CT molecular complexity index is 425. The molecule has 0 bridgehead atoms. The molecule has 0 radical (unpaired) electrons. The van der Waals surface area contributed by atoms with Crippen LogP contribution in [-0.2, 0) is 0 Å². The average molecular weight is 219 g/mol. The molecule has 1 aromatic carbocycles. The van der Waals surface area contributed by atoms with Crippen molar-refractivity contribution in [3.05, 3.63) is 46.7 Å². The molecule has 0 saturated carbocycles. The molecule has 2 rings (SSSR count). The molecule has 0 spiro atoms. The first-order chi connectivity index (χ1) is 7.27. The van der Waals surface area contributed by atoms with Gasteiger partial charge in [-0.05, 0) is 30.5 Å². The highest BCUT2D eigenvalue weighted by molar-refractivity contribution is 7.10. The molecule has 0 amide bonds. The van der Waals surface area contributed by atoms with Gasteiger partial charge in [0.05, 0.1) is 5.69 Å². The Morgan fingerprint density at radius 1 is 1.20 bits per heavy atom. The predicted octanol–water partition coefficient (Wildman–Crippen LogP) is 3.47. The molecule has 78 valence electrons. The number of para-hydroxylation sites is 2. The second-order valence-corrected chi connectivity index (χ2v) is 4.29. The maximum atomic E-state index is 5.80. The molecular weight excluding hydrogens is 206 g/mol. The quantitative estimate of drug-likeness (QED) is 0.802. The van der Waals surface area contributed by atoms with Crippen LogP contribution in [0.15, 0.2) is 41.8 Å². The third-order valence-electron chi connectivity index (χ3n) is 2.17. The van der Waals surface area contributed by atoms with E-state index in [9.17, 15) is 0 Å². The first-order valence-corrected chi connectivity index (χ1v) is 5.70. The van der Waals surface area contributed by atoms with Gasteiger partial charge >= 0.3 is 0 Å². The summed E-state index contributed by atoms with van der Waals surface area (Å²) in [5.74, 6) is 0.749. The van der Waals surface area contributed by atoms with Gasteiger partial charge in [-0.3, -0.25) is 0 Å². The van der Waals surface area contributed by atoms with E-state index in [1.165, 1.54) is 4.88 Å². The molecule has 2 aromatic rings. The van der Waals surface area contributed by atoms with Crippen LogP contribution in [0, 0.1) is 0 Å². The van der Waals surface area contributed by atoms with Crippen molar-refractivity contribution < 1.29 is 4.74 Å². The van der Waals surface area contributed by atoms with Crippen LogP contribution in [0.4, 0.5) is 5.69 Å². The molecule has 0 aliphatic heterocycles. The zero-order chi connectivity index (χ0) is 10.7. The van der Waals surface area contributed by atoms with Gasteiger partial charge in [0.1, 0.15) is 11.9 Å². The van der Waals surface area contributed by atoms with E-state index >= 15 is 0 Å². The number of thiophene rings is 1. The maximum Gasteiger partial charge on any atom is 0.143 e. The van der Waals surface area contributed by atoms with Crippen molar-refractivity contribution in [2.45, 2.75) is 13.0 Å². The summed E-state index contributed by atoms with van der Waals surface area (Å²) in [4.78, 5) is 1.21. The van der Waals surface area contributed by atoms with Gasteiger partial charge in [0.25, 0.3) is 0 Å². The lowest BCUT2D eigenvalue weighted by molar-refractivity contribution is 0.232. The Kier molecular flexibility index (Phi) is 2.92. The summed E-state index contributed by atoms with van der Waals surface area (Å²) in [5, 5.41) is 2.05. The molecular formula is C12H13NOS. The van der Waals surface area contributed by atoms with Crippen LogP contribution in [0.5, 0.6) is 5.75 Å². The molecule has 0 aliphatic carbocycles. The first kappa shape index (κ1) is 10.1. The van der Waals surface area contributed by atoms with Crippen LogP contribution < -0.4 is 10.5 Å². The van der Waals surface area contributed by atoms with Crippen molar-refractivity contribution in [2.24, 2.45) is 0 Å². The summed E-state index contributed by atoms with van der Waals surface area (Å²) in [6.07, 6.45) is 0.0506. The highest BCUT2D eigenvalue weighted by Crippen LogP contribution is 2.28. The molecule has 1 atom stereocenters. The van der Waals surface area contributed by atoms with E-state index in [4.69, 9.17) is 10.5 Å². The fraction of sp³-hybridized carbons (Fsp3) is 0.167. The molecule has 0 saturated heterocycles. The average Bonchev–Trinajstić information content (AvgIpc) is 2.74. The Morgan fingerprint density at radius 2 is 2.00 bits per heavy atom. The first-order valence-electron chi connectivity index (χ1n) is 4.82. The lowest BCUT2D eigenvalue weighted by atomic mass is 10.3. The zero-order valence-corrected chi connectivity index (χ0v) is 9.33. The Labute approximate surface area is 93.3 Å². The van der Waals surface area contributed by atoms with Gasteiger partial charge in [-0.25, -0.2) is 0 Å². The molecule has 0 fully saturated rings. The molecule has 0 aliphatic rings. The zero-order valence-electron chi connectivity index (χ0n) is 8.51. The van der Waals surface area contributed by atoms with Gasteiger partial charge < -0.3 is 10.5 Å². The summed E-state index contributed by atoms with van der Waals surface area (Å²) in [6.45, 7) is 2.03. The van der Waals surface area contributed by atoms with Crippen LogP contribution in [0.3, 0.4) is 0 Å². The fourth-order valence-electron chi connectivity index (χ4n) is 1.36. The Morgan fingerprint density at radius 3 is 2.67 bits per heavy atom. The third-order valence-corrected chi connectivity index (χ3v) is 3.20. The van der Waals surface area contributed by atoms with E-state index in [0.717, 1.165) is 5.75 Å². The molecule has 2 nitrogen and oxygen atoms in total. The van der Waals surface area contributed by atoms with E-state index in [1.54, 1.807) is 11.3 Å². The standard InChI is InChI=1S/C12H13NOS/c1-9(12-7-4-8-15-12)14-11-6-3-2-5-10(11)13/h2-9H,13H2,1H3. The summed E-state index contributed by atoms with van der Waals surface area (Å²) < 4.78 is 5.77. The monoisotopic (exact) mass is 219 g/mol. The minimum Gasteiger partial charge on any atom is -0.483 e. The number of rotatable bonds is 3. The molecule has 2 N–H and O–H groups in total. The summed E-state index contributed by atoms with van der Waals surface area (Å²) in [5.41, 5.74) is 6.48. The van der Waals surface area contributed by atoms with Crippen molar-refractivity contribution in [1.29, 1.82) is 0 Å². The number of hydrogen-bond acceptors (Lipinski definition) is 3.